The number of fused-ring (bicyclic) bond motifs is 3. The third-order valence-electron chi connectivity index (χ3n) is 10.2. The molecular weight excluding hydrogens is 788 g/mol. The van der Waals surface area contributed by atoms with Gasteiger partial charge in [-0.1, -0.05) is 69.5 Å². The molecule has 0 fully saturated rings. The summed E-state index contributed by atoms with van der Waals surface area (Å²) < 4.78 is 16.2. The zero-order chi connectivity index (χ0) is 33.5. The summed E-state index contributed by atoms with van der Waals surface area (Å²) in [5.74, 6) is 4.43. The third kappa shape index (κ3) is 6.36. The molecular formula is C42H44N4O2Pt. The zero-order valence-electron chi connectivity index (χ0n) is 29.4. The van der Waals surface area contributed by atoms with Crippen molar-refractivity contribution in [2.45, 2.75) is 73.1 Å². The Morgan fingerprint density at radius 2 is 1.71 bits per heavy atom. The van der Waals surface area contributed by atoms with Crippen LogP contribution in [0.4, 0.5) is 0 Å². The van der Waals surface area contributed by atoms with Crippen molar-refractivity contribution in [2.75, 3.05) is 7.11 Å². The molecule has 1 aliphatic rings. The van der Waals surface area contributed by atoms with Crippen LogP contribution in [0.2, 0.25) is 0 Å². The molecule has 3 heterocycles. The van der Waals surface area contributed by atoms with Gasteiger partial charge >= 0.3 is 21.1 Å². The third-order valence-corrected chi connectivity index (χ3v) is 10.2. The van der Waals surface area contributed by atoms with Gasteiger partial charge in [0, 0.05) is 46.5 Å². The molecule has 0 amide bonds. The molecule has 0 aliphatic heterocycles. The standard InChI is InChI=1S/C42H44N4O2.Pt/c1-8-29-21-30(9-2)42(31(10-3)22-29)41-27(5)44-46(28(41)6)32-19-26(4)20-35(23-32)48-34-15-16-37-36-13-11-12-14-38(36)45(39(37)24-34)40-25-33(47-7)17-18-43-40;/h11-21,25,29,31,42H,8-10,22H2,1-7H3;/q-2;+2/t29-,31-,42?;/m0./s1. The van der Waals surface area contributed by atoms with E-state index in [-0.39, 0.29) is 21.1 Å². The topological polar surface area (TPSA) is 54.1 Å². The van der Waals surface area contributed by atoms with E-state index in [2.05, 4.69) is 104 Å². The molecule has 0 spiro atoms. The van der Waals surface area contributed by atoms with Crippen LogP contribution in [-0.4, -0.2) is 26.4 Å². The van der Waals surface area contributed by atoms with Crippen LogP contribution in [0.5, 0.6) is 17.2 Å². The quantitative estimate of drug-likeness (QED) is 0.108. The van der Waals surface area contributed by atoms with Crippen LogP contribution in [-0.2, 0) is 21.1 Å². The Kier molecular flexibility index (Phi) is 10.2. The van der Waals surface area contributed by atoms with Gasteiger partial charge in [0.05, 0.1) is 12.8 Å². The molecule has 6 nitrogen and oxygen atoms in total. The molecule has 49 heavy (non-hydrogen) atoms. The summed E-state index contributed by atoms with van der Waals surface area (Å²) in [6.07, 6.45) is 9.02. The summed E-state index contributed by atoms with van der Waals surface area (Å²) in [5, 5.41) is 7.32. The smallest absolute Gasteiger partial charge is 0.509 e. The molecule has 3 aromatic heterocycles. The molecule has 6 aromatic rings. The van der Waals surface area contributed by atoms with E-state index >= 15 is 0 Å². The molecule has 1 aliphatic carbocycles. The molecule has 3 aromatic carbocycles. The first-order valence-electron chi connectivity index (χ1n) is 17.3. The summed E-state index contributed by atoms with van der Waals surface area (Å²) in [6, 6.07) is 27.5. The van der Waals surface area contributed by atoms with Gasteiger partial charge in [-0.2, -0.15) is 16.7 Å². The number of methoxy groups -OCH3 is 1. The van der Waals surface area contributed by atoms with Gasteiger partial charge in [0.2, 0.25) is 0 Å². The van der Waals surface area contributed by atoms with Gasteiger partial charge in [0.25, 0.3) is 0 Å². The number of ether oxygens (including phenoxy) is 2. The Bertz CT molecular complexity index is 2160. The first kappa shape index (κ1) is 34.7. The van der Waals surface area contributed by atoms with E-state index in [4.69, 9.17) is 14.6 Å². The van der Waals surface area contributed by atoms with Crippen LogP contribution < -0.4 is 9.47 Å². The van der Waals surface area contributed by atoms with E-state index in [1.807, 2.05) is 30.3 Å². The van der Waals surface area contributed by atoms with E-state index in [0.29, 0.717) is 29.3 Å². The van der Waals surface area contributed by atoms with Gasteiger partial charge in [-0.3, -0.25) is 4.68 Å². The molecule has 3 atom stereocenters. The summed E-state index contributed by atoms with van der Waals surface area (Å²) in [7, 11) is 1.67. The Morgan fingerprint density at radius 1 is 0.898 bits per heavy atom. The maximum Gasteiger partial charge on any atom is 2.00 e. The molecule has 0 radical (unpaired) electrons. The average molecular weight is 832 g/mol. The van der Waals surface area contributed by atoms with Crippen molar-refractivity contribution in [3.05, 3.63) is 113 Å². The summed E-state index contributed by atoms with van der Waals surface area (Å²) in [4.78, 5) is 4.68. The molecule has 7 rings (SSSR count). The first-order chi connectivity index (χ1) is 23.3. The fourth-order valence-electron chi connectivity index (χ4n) is 7.86. The van der Waals surface area contributed by atoms with Crippen molar-refractivity contribution in [3.63, 3.8) is 0 Å². The van der Waals surface area contributed by atoms with Gasteiger partial charge in [-0.05, 0) is 68.2 Å². The number of rotatable bonds is 9. The number of hydrogen-bond acceptors (Lipinski definition) is 4. The second-order valence-corrected chi connectivity index (χ2v) is 13.1. The number of aryl methyl sites for hydroxylation is 2. The Labute approximate surface area is 304 Å². The summed E-state index contributed by atoms with van der Waals surface area (Å²) in [5.41, 5.74) is 9.10. The fourth-order valence-corrected chi connectivity index (χ4v) is 7.86. The molecule has 0 saturated heterocycles. The van der Waals surface area contributed by atoms with Crippen molar-refractivity contribution >= 4 is 21.8 Å². The van der Waals surface area contributed by atoms with E-state index < -0.39 is 0 Å². The fraction of sp³-hybridized carbons (Fsp3) is 0.333. The van der Waals surface area contributed by atoms with Crippen molar-refractivity contribution in [3.8, 4) is 28.8 Å². The number of nitrogens with zero attached hydrogens (tertiary/aromatic N) is 4. The van der Waals surface area contributed by atoms with Crippen LogP contribution in [0.1, 0.15) is 74.9 Å². The second kappa shape index (κ2) is 14.4. The van der Waals surface area contributed by atoms with Crippen molar-refractivity contribution in [1.29, 1.82) is 0 Å². The maximum absolute atomic E-state index is 6.53. The predicted octanol–water partition coefficient (Wildman–Crippen LogP) is 10.6. The normalized spacial score (nSPS) is 17.6. The average Bonchev–Trinajstić information content (AvgIpc) is 3.59. The van der Waals surface area contributed by atoms with Gasteiger partial charge in [0.15, 0.2) is 0 Å². The van der Waals surface area contributed by atoms with Gasteiger partial charge in [-0.25, -0.2) is 4.98 Å². The van der Waals surface area contributed by atoms with Crippen LogP contribution in [0.3, 0.4) is 0 Å². The van der Waals surface area contributed by atoms with Crippen molar-refractivity contribution < 1.29 is 30.5 Å². The largest absolute Gasteiger partial charge is 2.00 e. The first-order valence-corrected chi connectivity index (χ1v) is 17.3. The van der Waals surface area contributed by atoms with Crippen molar-refractivity contribution in [2.24, 2.45) is 11.8 Å². The van der Waals surface area contributed by atoms with Gasteiger partial charge < -0.3 is 14.0 Å². The van der Waals surface area contributed by atoms with E-state index in [1.54, 1.807) is 18.9 Å². The van der Waals surface area contributed by atoms with E-state index in [0.717, 1.165) is 56.7 Å². The number of allylic oxidation sites excluding steroid dienone is 2. The number of aromatic nitrogens is 4. The molecule has 0 saturated carbocycles. The zero-order valence-corrected chi connectivity index (χ0v) is 31.7. The summed E-state index contributed by atoms with van der Waals surface area (Å²) in [6.45, 7) is 13.4. The monoisotopic (exact) mass is 831 g/mol. The molecule has 1 unspecified atom stereocenters. The number of benzene rings is 3. The molecule has 0 bridgehead atoms. The molecule has 254 valence electrons. The number of pyridine rings is 1. The van der Waals surface area contributed by atoms with E-state index in [9.17, 15) is 0 Å². The predicted molar refractivity (Wildman–Crippen MR) is 194 cm³/mol. The molecule has 7 heteroatoms. The summed E-state index contributed by atoms with van der Waals surface area (Å²) >= 11 is 0. The van der Waals surface area contributed by atoms with Crippen LogP contribution in [0.15, 0.2) is 78.5 Å². The maximum atomic E-state index is 6.53. The Hall–Kier alpha value is -4.15. The minimum atomic E-state index is 0. The van der Waals surface area contributed by atoms with Gasteiger partial charge in [-0.15, -0.1) is 35.7 Å². The minimum absolute atomic E-state index is 0. The molecule has 0 N–H and O–H groups in total. The van der Waals surface area contributed by atoms with Gasteiger partial charge in [0.1, 0.15) is 11.6 Å². The Morgan fingerprint density at radius 3 is 2.47 bits per heavy atom. The number of hydrogen-bond donors (Lipinski definition) is 0. The van der Waals surface area contributed by atoms with Crippen LogP contribution in [0.25, 0.3) is 33.3 Å². The van der Waals surface area contributed by atoms with Crippen LogP contribution in [0, 0.1) is 44.7 Å². The Balaban J connectivity index is 0.00000417. The minimum Gasteiger partial charge on any atom is -0.509 e. The second-order valence-electron chi connectivity index (χ2n) is 13.1. The SMILES string of the molecule is CCC1=C[C@H](CC)C[C@H](CC)C1c1c(C)nn(-c2[c-]c(Oc3[c-]c4c(cc3)c3ccccc3n4-c3cc(OC)ccn3)cc(C)c2)c1C.[Pt+2]. The van der Waals surface area contributed by atoms with E-state index in [1.165, 1.54) is 30.5 Å². The van der Waals surface area contributed by atoms with Crippen molar-refractivity contribution in [1.82, 2.24) is 19.3 Å². The van der Waals surface area contributed by atoms with Crippen LogP contribution >= 0.6 is 0 Å². The number of para-hydroxylation sites is 1.